The summed E-state index contributed by atoms with van der Waals surface area (Å²) in [5, 5.41) is 8.53. The zero-order valence-corrected chi connectivity index (χ0v) is 16.6. The lowest BCUT2D eigenvalue weighted by Crippen LogP contribution is -2.42. The monoisotopic (exact) mass is 474 g/mol. The Balaban J connectivity index is 0.00000338. The number of halogens is 3. The van der Waals surface area contributed by atoms with Crippen LogP contribution >= 0.6 is 24.0 Å². The smallest absolute Gasteiger partial charge is 0.243 e. The van der Waals surface area contributed by atoms with Gasteiger partial charge in [0.25, 0.3) is 0 Å². The van der Waals surface area contributed by atoms with E-state index >= 15 is 0 Å². The number of hydrogen-bond donors (Lipinski definition) is 3. The molecule has 0 radical (unpaired) electrons. The highest BCUT2D eigenvalue weighted by atomic mass is 127. The van der Waals surface area contributed by atoms with Gasteiger partial charge < -0.3 is 16.0 Å². The fraction of sp³-hybridized carbons (Fsp3) is 0.222. The van der Waals surface area contributed by atoms with Crippen molar-refractivity contribution < 1.29 is 13.6 Å². The van der Waals surface area contributed by atoms with E-state index in [-0.39, 0.29) is 42.2 Å². The van der Waals surface area contributed by atoms with E-state index in [4.69, 9.17) is 0 Å². The van der Waals surface area contributed by atoms with Crippen LogP contribution < -0.4 is 16.0 Å². The van der Waals surface area contributed by atoms with E-state index in [1.165, 1.54) is 30.3 Å². The maximum Gasteiger partial charge on any atom is 0.243 e. The maximum atomic E-state index is 13.1. The second-order valence-corrected chi connectivity index (χ2v) is 5.29. The van der Waals surface area contributed by atoms with Crippen molar-refractivity contribution in [3.05, 3.63) is 65.7 Å². The van der Waals surface area contributed by atoms with Crippen LogP contribution in [0.2, 0.25) is 0 Å². The molecule has 0 saturated carbocycles. The van der Waals surface area contributed by atoms with Gasteiger partial charge in [-0.1, -0.05) is 18.2 Å². The van der Waals surface area contributed by atoms with Gasteiger partial charge in [-0.15, -0.1) is 24.0 Å². The second kappa shape index (κ2) is 11.4. The molecule has 0 bridgehead atoms. The number of nitrogens with one attached hydrogen (secondary N) is 3. The molecule has 2 aromatic rings. The minimum atomic E-state index is -0.413. The summed E-state index contributed by atoms with van der Waals surface area (Å²) in [6, 6.07) is 12.0. The maximum absolute atomic E-state index is 13.1. The van der Waals surface area contributed by atoms with Crippen LogP contribution in [-0.2, 0) is 11.2 Å². The minimum absolute atomic E-state index is 0. The Morgan fingerprint density at radius 2 is 1.77 bits per heavy atom. The van der Waals surface area contributed by atoms with Crippen molar-refractivity contribution in [1.82, 2.24) is 10.6 Å². The molecule has 1 amide bonds. The van der Waals surface area contributed by atoms with Crippen molar-refractivity contribution >= 4 is 41.5 Å². The molecule has 140 valence electrons. The van der Waals surface area contributed by atoms with Crippen molar-refractivity contribution in [3.63, 3.8) is 0 Å². The van der Waals surface area contributed by atoms with Crippen molar-refractivity contribution in [2.24, 2.45) is 4.99 Å². The zero-order valence-electron chi connectivity index (χ0n) is 14.3. The predicted octanol–water partition coefficient (Wildman–Crippen LogP) is 2.93. The van der Waals surface area contributed by atoms with Crippen LogP contribution in [-0.4, -0.2) is 32.0 Å². The molecule has 0 aliphatic rings. The molecule has 0 saturated heterocycles. The minimum Gasteiger partial charge on any atom is -0.356 e. The van der Waals surface area contributed by atoms with Gasteiger partial charge in [0.2, 0.25) is 5.91 Å². The van der Waals surface area contributed by atoms with Crippen LogP contribution in [0.15, 0.2) is 53.5 Å². The molecule has 0 aliphatic carbocycles. The lowest BCUT2D eigenvalue weighted by atomic mass is 10.1. The molecule has 0 atom stereocenters. The molecule has 0 unspecified atom stereocenters. The normalized spacial score (nSPS) is 10.7. The molecular weight excluding hydrogens is 453 g/mol. The third-order valence-electron chi connectivity index (χ3n) is 3.37. The number of carbonyl (C=O) groups excluding carboxylic acids is 1. The number of nitrogens with zero attached hydrogens (tertiary/aromatic N) is 1. The number of rotatable bonds is 6. The predicted molar refractivity (Wildman–Crippen MR) is 110 cm³/mol. The van der Waals surface area contributed by atoms with Gasteiger partial charge in [0.05, 0.1) is 6.54 Å². The van der Waals surface area contributed by atoms with Gasteiger partial charge in [-0.05, 0) is 42.3 Å². The molecule has 0 spiro atoms. The van der Waals surface area contributed by atoms with E-state index in [2.05, 4.69) is 20.9 Å². The largest absolute Gasteiger partial charge is 0.356 e. The standard InChI is InChI=1S/C18H20F2N4O.HI/c1-21-18(22-10-9-13-5-7-14(19)8-6-13)23-12-17(25)24-16-4-2-3-15(20)11-16;/h2-8,11H,9-10,12H2,1H3,(H,24,25)(H2,21,22,23);1H. The fourth-order valence-corrected chi connectivity index (χ4v) is 2.13. The number of carbonyl (C=O) groups is 1. The highest BCUT2D eigenvalue weighted by Crippen LogP contribution is 2.08. The molecule has 2 rings (SSSR count). The first-order valence-corrected chi connectivity index (χ1v) is 7.81. The van der Waals surface area contributed by atoms with Gasteiger partial charge in [-0.25, -0.2) is 8.78 Å². The van der Waals surface area contributed by atoms with Gasteiger partial charge in [0, 0.05) is 19.3 Å². The summed E-state index contributed by atoms with van der Waals surface area (Å²) in [4.78, 5) is 15.9. The average molecular weight is 474 g/mol. The number of anilines is 1. The molecular formula is C18H21F2IN4O. The molecule has 3 N–H and O–H groups in total. The topological polar surface area (TPSA) is 65.5 Å². The molecule has 0 heterocycles. The summed E-state index contributed by atoms with van der Waals surface area (Å²) in [5.74, 6) is -0.522. The summed E-state index contributed by atoms with van der Waals surface area (Å²) in [6.45, 7) is 0.573. The summed E-state index contributed by atoms with van der Waals surface area (Å²) in [5.41, 5.74) is 1.39. The first-order chi connectivity index (χ1) is 12.1. The molecule has 0 aromatic heterocycles. The Morgan fingerprint density at radius 3 is 2.42 bits per heavy atom. The first kappa shape index (κ1) is 21.8. The average Bonchev–Trinajstić information content (AvgIpc) is 2.59. The van der Waals surface area contributed by atoms with Gasteiger partial charge in [-0.2, -0.15) is 0 Å². The van der Waals surface area contributed by atoms with Crippen LogP contribution in [0.25, 0.3) is 0 Å². The quantitative estimate of drug-likeness (QED) is 0.343. The summed E-state index contributed by atoms with van der Waals surface area (Å²) >= 11 is 0. The van der Waals surface area contributed by atoms with E-state index in [9.17, 15) is 13.6 Å². The summed E-state index contributed by atoms with van der Waals surface area (Å²) in [6.07, 6.45) is 0.691. The van der Waals surface area contributed by atoms with Crippen molar-refractivity contribution in [2.45, 2.75) is 6.42 Å². The van der Waals surface area contributed by atoms with Crippen molar-refractivity contribution in [3.8, 4) is 0 Å². The lowest BCUT2D eigenvalue weighted by molar-refractivity contribution is -0.115. The highest BCUT2D eigenvalue weighted by molar-refractivity contribution is 14.0. The van der Waals surface area contributed by atoms with Gasteiger partial charge in [0.15, 0.2) is 5.96 Å². The fourth-order valence-electron chi connectivity index (χ4n) is 2.13. The highest BCUT2D eigenvalue weighted by Gasteiger charge is 2.05. The summed E-state index contributed by atoms with van der Waals surface area (Å²) < 4.78 is 25.9. The Morgan fingerprint density at radius 1 is 1.04 bits per heavy atom. The van der Waals surface area contributed by atoms with E-state index in [1.54, 1.807) is 25.2 Å². The first-order valence-electron chi connectivity index (χ1n) is 7.81. The van der Waals surface area contributed by atoms with E-state index in [0.29, 0.717) is 24.6 Å². The van der Waals surface area contributed by atoms with Crippen molar-refractivity contribution in [2.75, 3.05) is 25.5 Å². The van der Waals surface area contributed by atoms with Crippen LogP contribution in [0.5, 0.6) is 0 Å². The number of aliphatic imine (C=N–C) groups is 1. The van der Waals surface area contributed by atoms with Crippen LogP contribution in [0.4, 0.5) is 14.5 Å². The third-order valence-corrected chi connectivity index (χ3v) is 3.37. The Labute approximate surface area is 168 Å². The molecule has 26 heavy (non-hydrogen) atoms. The Hall–Kier alpha value is -2.23. The van der Waals surface area contributed by atoms with Crippen LogP contribution in [0.3, 0.4) is 0 Å². The van der Waals surface area contributed by atoms with E-state index in [0.717, 1.165) is 5.56 Å². The van der Waals surface area contributed by atoms with Crippen LogP contribution in [0, 0.1) is 11.6 Å². The van der Waals surface area contributed by atoms with E-state index < -0.39 is 5.82 Å². The molecule has 5 nitrogen and oxygen atoms in total. The number of guanidine groups is 1. The second-order valence-electron chi connectivity index (χ2n) is 5.29. The number of amides is 1. The lowest BCUT2D eigenvalue weighted by Gasteiger charge is -2.12. The molecule has 0 fully saturated rings. The molecule has 0 aliphatic heterocycles. The van der Waals surface area contributed by atoms with Gasteiger partial charge in [0.1, 0.15) is 11.6 Å². The van der Waals surface area contributed by atoms with Crippen LogP contribution in [0.1, 0.15) is 5.56 Å². The van der Waals surface area contributed by atoms with Gasteiger partial charge >= 0.3 is 0 Å². The van der Waals surface area contributed by atoms with Gasteiger partial charge in [-0.3, -0.25) is 9.79 Å². The third kappa shape index (κ3) is 7.77. The molecule has 2 aromatic carbocycles. The van der Waals surface area contributed by atoms with Crippen molar-refractivity contribution in [1.29, 1.82) is 0 Å². The molecule has 8 heteroatoms. The number of benzene rings is 2. The summed E-state index contributed by atoms with van der Waals surface area (Å²) in [7, 11) is 1.59. The SMILES string of the molecule is CN=C(NCCc1ccc(F)cc1)NCC(=O)Nc1cccc(F)c1.I. The Kier molecular flexibility index (Phi) is 9.56. The Bertz CT molecular complexity index is 738. The number of hydrogen-bond acceptors (Lipinski definition) is 2. The van der Waals surface area contributed by atoms with E-state index in [1.807, 2.05) is 0 Å². The zero-order chi connectivity index (χ0) is 18.1.